The lowest BCUT2D eigenvalue weighted by Gasteiger charge is -2.08. The molecule has 4 nitrogen and oxygen atoms in total. The molecule has 0 amide bonds. The molecule has 0 aliphatic rings. The fraction of sp³-hybridized carbons (Fsp3) is 0.200. The molecule has 2 heterocycles. The van der Waals surface area contributed by atoms with Crippen molar-refractivity contribution >= 4 is 27.1 Å². The molecule has 1 N–H and O–H groups in total. The quantitative estimate of drug-likeness (QED) is 0.789. The standard InChI is InChI=1S/C15H14BrN3O/c1-2-8-19-14(11-6-5-10(16)9-13(11)20)18-12-4-3-7-17-15(12)19/h3-7,9,20H,2,8H2,1H3. The lowest BCUT2D eigenvalue weighted by molar-refractivity contribution is 0.476. The first-order chi connectivity index (χ1) is 9.70. The smallest absolute Gasteiger partial charge is 0.160 e. The van der Waals surface area contributed by atoms with Crippen LogP contribution in [0.1, 0.15) is 13.3 Å². The van der Waals surface area contributed by atoms with E-state index in [1.165, 1.54) is 0 Å². The number of nitrogens with zero attached hydrogens (tertiary/aromatic N) is 3. The third-order valence-electron chi connectivity index (χ3n) is 3.15. The Balaban J connectivity index is 2.26. The van der Waals surface area contributed by atoms with Crippen LogP contribution in [0.25, 0.3) is 22.6 Å². The molecule has 0 bridgehead atoms. The van der Waals surface area contributed by atoms with Crippen LogP contribution in [0.15, 0.2) is 41.0 Å². The normalized spacial score (nSPS) is 11.1. The molecule has 3 aromatic rings. The summed E-state index contributed by atoms with van der Waals surface area (Å²) >= 11 is 3.35. The van der Waals surface area contributed by atoms with Gasteiger partial charge >= 0.3 is 0 Å². The highest BCUT2D eigenvalue weighted by molar-refractivity contribution is 9.10. The van der Waals surface area contributed by atoms with Crippen LogP contribution < -0.4 is 0 Å². The minimum Gasteiger partial charge on any atom is -0.507 e. The van der Waals surface area contributed by atoms with Crippen molar-refractivity contribution in [2.24, 2.45) is 0 Å². The molecule has 0 saturated carbocycles. The van der Waals surface area contributed by atoms with Gasteiger partial charge in [-0.2, -0.15) is 0 Å². The molecule has 0 aliphatic heterocycles. The predicted octanol–water partition coefficient (Wildman–Crippen LogP) is 3.98. The summed E-state index contributed by atoms with van der Waals surface area (Å²) in [6, 6.07) is 9.26. The molecule has 0 unspecified atom stereocenters. The first-order valence-corrected chi connectivity index (χ1v) is 7.30. The average Bonchev–Trinajstić information content (AvgIpc) is 2.78. The van der Waals surface area contributed by atoms with Gasteiger partial charge in [0.2, 0.25) is 0 Å². The summed E-state index contributed by atoms with van der Waals surface area (Å²) in [6.45, 7) is 2.93. The van der Waals surface area contributed by atoms with Gasteiger partial charge in [-0.1, -0.05) is 22.9 Å². The van der Waals surface area contributed by atoms with Gasteiger partial charge in [-0.3, -0.25) is 0 Å². The molecule has 0 saturated heterocycles. The minimum atomic E-state index is 0.215. The van der Waals surface area contributed by atoms with Crippen LogP contribution >= 0.6 is 15.9 Å². The van der Waals surface area contributed by atoms with Gasteiger partial charge in [-0.15, -0.1) is 0 Å². The van der Waals surface area contributed by atoms with Crippen LogP contribution in [0.3, 0.4) is 0 Å². The fourth-order valence-corrected chi connectivity index (χ4v) is 2.64. The zero-order valence-electron chi connectivity index (χ0n) is 11.0. The van der Waals surface area contributed by atoms with Gasteiger partial charge in [0, 0.05) is 17.2 Å². The van der Waals surface area contributed by atoms with Crippen LogP contribution in [-0.2, 0) is 6.54 Å². The van der Waals surface area contributed by atoms with Crippen molar-refractivity contribution in [2.75, 3.05) is 0 Å². The first kappa shape index (κ1) is 13.1. The Morgan fingerprint density at radius 2 is 2.15 bits per heavy atom. The Bertz CT molecular complexity index is 767. The van der Waals surface area contributed by atoms with E-state index in [0.29, 0.717) is 0 Å². The molecule has 1 aromatic carbocycles. The lowest BCUT2D eigenvalue weighted by Crippen LogP contribution is -2.00. The zero-order valence-corrected chi connectivity index (χ0v) is 12.6. The summed E-state index contributed by atoms with van der Waals surface area (Å²) in [5.41, 5.74) is 2.42. The van der Waals surface area contributed by atoms with Crippen LogP contribution in [0.2, 0.25) is 0 Å². The van der Waals surface area contributed by atoms with E-state index in [9.17, 15) is 5.11 Å². The molecule has 5 heteroatoms. The van der Waals surface area contributed by atoms with Crippen LogP contribution in [0.5, 0.6) is 5.75 Å². The third kappa shape index (κ3) is 2.18. The average molecular weight is 332 g/mol. The van der Waals surface area contributed by atoms with E-state index < -0.39 is 0 Å². The number of hydrogen-bond acceptors (Lipinski definition) is 3. The lowest BCUT2D eigenvalue weighted by atomic mass is 10.2. The summed E-state index contributed by atoms with van der Waals surface area (Å²) < 4.78 is 2.90. The highest BCUT2D eigenvalue weighted by Gasteiger charge is 2.15. The number of hydrogen-bond donors (Lipinski definition) is 1. The number of aromatic nitrogens is 3. The highest BCUT2D eigenvalue weighted by Crippen LogP contribution is 2.32. The van der Waals surface area contributed by atoms with Crippen LogP contribution in [0, 0.1) is 0 Å². The van der Waals surface area contributed by atoms with E-state index in [0.717, 1.165) is 40.0 Å². The van der Waals surface area contributed by atoms with Gasteiger partial charge in [0.05, 0.1) is 5.56 Å². The molecule has 102 valence electrons. The Labute approximate surface area is 125 Å². The first-order valence-electron chi connectivity index (χ1n) is 6.51. The second kappa shape index (κ2) is 5.25. The molecule has 2 aromatic heterocycles. The maximum atomic E-state index is 10.2. The zero-order chi connectivity index (χ0) is 14.1. The Morgan fingerprint density at radius 3 is 2.90 bits per heavy atom. The van der Waals surface area contributed by atoms with Gasteiger partial charge in [0.1, 0.15) is 17.1 Å². The molecule has 20 heavy (non-hydrogen) atoms. The maximum absolute atomic E-state index is 10.2. The van der Waals surface area contributed by atoms with Crippen molar-refractivity contribution in [2.45, 2.75) is 19.9 Å². The Morgan fingerprint density at radius 1 is 1.30 bits per heavy atom. The van der Waals surface area contributed by atoms with Crippen LogP contribution in [0.4, 0.5) is 0 Å². The van der Waals surface area contributed by atoms with Gasteiger partial charge in [-0.05, 0) is 36.8 Å². The summed E-state index contributed by atoms with van der Waals surface area (Å²) in [5.74, 6) is 0.970. The van der Waals surface area contributed by atoms with Crippen molar-refractivity contribution in [1.82, 2.24) is 14.5 Å². The number of pyridine rings is 1. The number of fused-ring (bicyclic) bond motifs is 1. The number of rotatable bonds is 3. The number of halogens is 1. The molecule has 0 radical (unpaired) electrons. The third-order valence-corrected chi connectivity index (χ3v) is 3.64. The van der Waals surface area contributed by atoms with Gasteiger partial charge in [0.15, 0.2) is 5.65 Å². The maximum Gasteiger partial charge on any atom is 0.160 e. The molecule has 0 spiro atoms. The minimum absolute atomic E-state index is 0.215. The largest absolute Gasteiger partial charge is 0.507 e. The van der Waals surface area contributed by atoms with Crippen molar-refractivity contribution < 1.29 is 5.11 Å². The number of benzene rings is 1. The van der Waals surface area contributed by atoms with Crippen LogP contribution in [-0.4, -0.2) is 19.6 Å². The van der Waals surface area contributed by atoms with E-state index >= 15 is 0 Å². The molecule has 0 fully saturated rings. The summed E-state index contributed by atoms with van der Waals surface area (Å²) in [6.07, 6.45) is 2.74. The van der Waals surface area contributed by atoms with E-state index in [1.807, 2.05) is 24.3 Å². The Kier molecular flexibility index (Phi) is 3.44. The number of aromatic hydroxyl groups is 1. The number of phenols is 1. The second-order valence-corrected chi connectivity index (χ2v) is 5.51. The molecular weight excluding hydrogens is 318 g/mol. The predicted molar refractivity (Wildman–Crippen MR) is 82.6 cm³/mol. The fourth-order valence-electron chi connectivity index (χ4n) is 2.29. The Hall–Kier alpha value is -1.88. The van der Waals surface area contributed by atoms with E-state index in [-0.39, 0.29) is 5.75 Å². The molecule has 0 aliphatic carbocycles. The van der Waals surface area contributed by atoms with E-state index in [2.05, 4.69) is 37.4 Å². The number of imidazole rings is 1. The van der Waals surface area contributed by atoms with Gasteiger partial charge in [-0.25, -0.2) is 9.97 Å². The topological polar surface area (TPSA) is 50.9 Å². The van der Waals surface area contributed by atoms with Crippen molar-refractivity contribution in [1.29, 1.82) is 0 Å². The molecule has 0 atom stereocenters. The highest BCUT2D eigenvalue weighted by atomic mass is 79.9. The SMILES string of the molecule is CCCn1c(-c2ccc(Br)cc2O)nc2cccnc21. The van der Waals surface area contributed by atoms with E-state index in [4.69, 9.17) is 0 Å². The van der Waals surface area contributed by atoms with Gasteiger partial charge in [0.25, 0.3) is 0 Å². The second-order valence-electron chi connectivity index (χ2n) is 4.59. The van der Waals surface area contributed by atoms with Crippen molar-refractivity contribution in [3.05, 3.63) is 41.0 Å². The summed E-state index contributed by atoms with van der Waals surface area (Å²) in [7, 11) is 0. The molecule has 3 rings (SSSR count). The van der Waals surface area contributed by atoms with Gasteiger partial charge < -0.3 is 9.67 Å². The van der Waals surface area contributed by atoms with Crippen molar-refractivity contribution in [3.8, 4) is 17.1 Å². The summed E-state index contributed by atoms with van der Waals surface area (Å²) in [5, 5.41) is 10.2. The number of phenolic OH excluding ortho intramolecular Hbond substituents is 1. The monoisotopic (exact) mass is 331 g/mol. The molecular formula is C15H14BrN3O. The number of aryl methyl sites for hydroxylation is 1. The van der Waals surface area contributed by atoms with Crippen molar-refractivity contribution in [3.63, 3.8) is 0 Å². The summed E-state index contributed by atoms with van der Waals surface area (Å²) in [4.78, 5) is 9.02. The van der Waals surface area contributed by atoms with E-state index in [1.54, 1.807) is 12.3 Å².